The van der Waals surface area contributed by atoms with E-state index in [2.05, 4.69) is 12.6 Å². The Balaban J connectivity index is 2.69. The minimum Gasteiger partial charge on any atom is -0.465 e. The summed E-state index contributed by atoms with van der Waals surface area (Å²) in [5.74, 6) is -1.42. The van der Waals surface area contributed by atoms with Crippen molar-refractivity contribution in [1.29, 1.82) is 5.26 Å². The van der Waals surface area contributed by atoms with Crippen molar-refractivity contribution in [2.24, 2.45) is 5.41 Å². The van der Waals surface area contributed by atoms with Gasteiger partial charge in [-0.05, 0) is 35.8 Å². The Morgan fingerprint density at radius 3 is 2.79 bits per heavy atom. The van der Waals surface area contributed by atoms with Crippen LogP contribution >= 0.6 is 23.2 Å². The van der Waals surface area contributed by atoms with Crippen LogP contribution in [-0.4, -0.2) is 18.9 Å². The first-order chi connectivity index (χ1) is 11.4. The Morgan fingerprint density at radius 2 is 2.25 bits per heavy atom. The van der Waals surface area contributed by atoms with Gasteiger partial charge in [-0.1, -0.05) is 41.9 Å². The van der Waals surface area contributed by atoms with Crippen molar-refractivity contribution < 1.29 is 14.3 Å². The Morgan fingerprint density at radius 1 is 1.54 bits per heavy atom. The number of carbonyl (C=O) groups is 2. The largest absolute Gasteiger partial charge is 0.465 e. The summed E-state index contributed by atoms with van der Waals surface area (Å²) in [7, 11) is 0. The van der Waals surface area contributed by atoms with E-state index in [9.17, 15) is 14.9 Å². The van der Waals surface area contributed by atoms with Gasteiger partial charge in [0.15, 0.2) is 5.41 Å². The summed E-state index contributed by atoms with van der Waals surface area (Å²) in [4.78, 5) is 23.9. The van der Waals surface area contributed by atoms with Crippen LogP contribution in [0.25, 0.3) is 0 Å². The fourth-order valence-corrected chi connectivity index (χ4v) is 3.51. The zero-order chi connectivity index (χ0) is 17.9. The van der Waals surface area contributed by atoms with Gasteiger partial charge in [0, 0.05) is 22.4 Å². The number of nitrogens with zero attached hydrogens (tertiary/aromatic N) is 1. The average Bonchev–Trinajstić information content (AvgIpc) is 2.55. The van der Waals surface area contributed by atoms with E-state index in [0.29, 0.717) is 33.0 Å². The third kappa shape index (κ3) is 3.10. The molecule has 0 heterocycles. The molecule has 2 rings (SSSR count). The maximum Gasteiger partial charge on any atom is 0.327 e. The molecule has 0 N–H and O–H groups in total. The molecule has 1 aromatic carbocycles. The van der Waals surface area contributed by atoms with Crippen LogP contribution < -0.4 is 0 Å². The van der Waals surface area contributed by atoms with Crippen molar-refractivity contribution in [3.63, 3.8) is 0 Å². The highest BCUT2D eigenvalue weighted by Gasteiger charge is 2.52. The number of carbonyl (C=O) groups excluding carboxylic acids is 2. The smallest absolute Gasteiger partial charge is 0.327 e. The lowest BCUT2D eigenvalue weighted by atomic mass is 9.63. The van der Waals surface area contributed by atoms with Gasteiger partial charge in [-0.25, -0.2) is 0 Å². The van der Waals surface area contributed by atoms with Crippen LogP contribution in [0.4, 0.5) is 0 Å². The molecule has 124 valence electrons. The molecular formula is C18H15Cl2NO3. The van der Waals surface area contributed by atoms with E-state index in [1.807, 2.05) is 0 Å². The molecule has 6 heteroatoms. The second kappa shape index (κ2) is 7.21. The predicted molar refractivity (Wildman–Crippen MR) is 91.8 cm³/mol. The third-order valence-corrected chi connectivity index (χ3v) is 4.54. The highest BCUT2D eigenvalue weighted by molar-refractivity contribution is 6.35. The first kappa shape index (κ1) is 18.3. The molecule has 0 saturated heterocycles. The molecule has 0 bridgehead atoms. The van der Waals surface area contributed by atoms with Crippen molar-refractivity contribution in [2.75, 3.05) is 6.61 Å². The van der Waals surface area contributed by atoms with Crippen molar-refractivity contribution in [2.45, 2.75) is 19.3 Å². The molecule has 0 aromatic heterocycles. The summed E-state index contributed by atoms with van der Waals surface area (Å²) in [5.41, 5.74) is -0.296. The SMILES string of the molecule is C=C1C=C(C=O)CC(C#N)(C(=O)OCC)C1c1ccc(Cl)cc1Cl. The maximum atomic E-state index is 12.6. The molecule has 1 aliphatic rings. The summed E-state index contributed by atoms with van der Waals surface area (Å²) in [6.07, 6.45) is 2.14. The first-order valence-electron chi connectivity index (χ1n) is 7.27. The molecule has 1 aliphatic carbocycles. The minimum atomic E-state index is -1.60. The Kier molecular flexibility index (Phi) is 5.48. The normalized spacial score (nSPS) is 23.2. The van der Waals surface area contributed by atoms with Crippen molar-refractivity contribution in [1.82, 2.24) is 0 Å². The highest BCUT2D eigenvalue weighted by atomic mass is 35.5. The first-order valence-corrected chi connectivity index (χ1v) is 8.03. The third-order valence-electron chi connectivity index (χ3n) is 3.98. The van der Waals surface area contributed by atoms with E-state index in [0.717, 1.165) is 0 Å². The average molecular weight is 364 g/mol. The van der Waals surface area contributed by atoms with Gasteiger partial charge in [-0.15, -0.1) is 0 Å². The lowest BCUT2D eigenvalue weighted by Crippen LogP contribution is -2.41. The Labute approximate surface area is 150 Å². The summed E-state index contributed by atoms with van der Waals surface area (Å²) in [6, 6.07) is 6.89. The highest BCUT2D eigenvalue weighted by Crippen LogP contribution is 2.51. The number of nitriles is 1. The fourth-order valence-electron chi connectivity index (χ4n) is 2.99. The predicted octanol–water partition coefficient (Wildman–Crippen LogP) is 4.24. The quantitative estimate of drug-likeness (QED) is 0.592. The number of aldehydes is 1. The van der Waals surface area contributed by atoms with Crippen LogP contribution in [0.1, 0.15) is 24.8 Å². The van der Waals surface area contributed by atoms with Gasteiger partial charge in [0.2, 0.25) is 0 Å². The number of allylic oxidation sites excluding steroid dienone is 3. The van der Waals surface area contributed by atoms with Crippen LogP contribution in [0.15, 0.2) is 42.0 Å². The fraction of sp³-hybridized carbons (Fsp3) is 0.278. The topological polar surface area (TPSA) is 67.2 Å². The zero-order valence-corrected chi connectivity index (χ0v) is 14.5. The molecule has 0 fully saturated rings. The molecular weight excluding hydrogens is 349 g/mol. The van der Waals surface area contributed by atoms with Gasteiger partial charge in [-0.2, -0.15) is 5.26 Å². The van der Waals surface area contributed by atoms with E-state index in [1.54, 1.807) is 25.1 Å². The van der Waals surface area contributed by atoms with Gasteiger partial charge in [0.05, 0.1) is 12.7 Å². The van der Waals surface area contributed by atoms with Gasteiger partial charge >= 0.3 is 5.97 Å². The number of hydrogen-bond donors (Lipinski definition) is 0. The van der Waals surface area contributed by atoms with Crippen LogP contribution in [0, 0.1) is 16.7 Å². The van der Waals surface area contributed by atoms with Crippen LogP contribution in [0.5, 0.6) is 0 Å². The summed E-state index contributed by atoms with van der Waals surface area (Å²) in [6.45, 7) is 5.71. The number of benzene rings is 1. The number of esters is 1. The lowest BCUT2D eigenvalue weighted by Gasteiger charge is -2.37. The van der Waals surface area contributed by atoms with E-state index in [4.69, 9.17) is 27.9 Å². The van der Waals surface area contributed by atoms with Gasteiger partial charge in [-0.3, -0.25) is 9.59 Å². The summed E-state index contributed by atoms with van der Waals surface area (Å²) >= 11 is 12.2. The molecule has 0 aliphatic heterocycles. The van der Waals surface area contributed by atoms with Crippen LogP contribution in [0.2, 0.25) is 10.0 Å². The van der Waals surface area contributed by atoms with Gasteiger partial charge in [0.25, 0.3) is 0 Å². The van der Waals surface area contributed by atoms with Crippen LogP contribution in [0.3, 0.4) is 0 Å². The molecule has 0 saturated carbocycles. The second-order valence-electron chi connectivity index (χ2n) is 5.49. The van der Waals surface area contributed by atoms with Crippen LogP contribution in [-0.2, 0) is 14.3 Å². The summed E-state index contributed by atoms with van der Waals surface area (Å²) in [5, 5.41) is 10.6. The molecule has 0 spiro atoms. The lowest BCUT2D eigenvalue weighted by molar-refractivity contribution is -0.152. The van der Waals surface area contributed by atoms with Crippen molar-refractivity contribution >= 4 is 35.5 Å². The molecule has 24 heavy (non-hydrogen) atoms. The Bertz CT molecular complexity index is 779. The van der Waals surface area contributed by atoms with E-state index < -0.39 is 17.3 Å². The second-order valence-corrected chi connectivity index (χ2v) is 6.33. The van der Waals surface area contributed by atoms with E-state index >= 15 is 0 Å². The Hall–Kier alpha value is -2.09. The molecule has 2 unspecified atom stereocenters. The number of rotatable bonds is 4. The molecule has 4 nitrogen and oxygen atoms in total. The molecule has 1 aromatic rings. The standard InChI is InChI=1S/C18H15Cl2NO3/c1-3-24-17(23)18(10-21)8-12(9-22)6-11(2)16(18)14-5-4-13(19)7-15(14)20/h4-7,9,16H,2-3,8H2,1H3. The summed E-state index contributed by atoms with van der Waals surface area (Å²) < 4.78 is 5.12. The number of hydrogen-bond acceptors (Lipinski definition) is 4. The molecule has 0 amide bonds. The van der Waals surface area contributed by atoms with Gasteiger partial charge in [0.1, 0.15) is 6.29 Å². The minimum absolute atomic E-state index is 0.0610. The van der Waals surface area contributed by atoms with Gasteiger partial charge < -0.3 is 4.74 Å². The molecule has 0 radical (unpaired) electrons. The van der Waals surface area contributed by atoms with Crippen molar-refractivity contribution in [3.8, 4) is 6.07 Å². The number of halogens is 2. The van der Waals surface area contributed by atoms with Crippen molar-refractivity contribution in [3.05, 3.63) is 57.6 Å². The number of ether oxygens (including phenoxy) is 1. The van der Waals surface area contributed by atoms with E-state index in [-0.39, 0.29) is 13.0 Å². The maximum absolute atomic E-state index is 12.6. The zero-order valence-electron chi connectivity index (χ0n) is 13.0. The van der Waals surface area contributed by atoms with E-state index in [1.165, 1.54) is 6.07 Å². The molecule has 2 atom stereocenters. The monoisotopic (exact) mass is 363 g/mol.